The van der Waals surface area contributed by atoms with Crippen molar-refractivity contribution < 1.29 is 4.74 Å². The highest BCUT2D eigenvalue weighted by Gasteiger charge is 1.97. The maximum atomic E-state index is 8.65. The second-order valence-corrected chi connectivity index (χ2v) is 3.80. The summed E-state index contributed by atoms with van der Waals surface area (Å²) >= 11 is 5.68. The van der Waals surface area contributed by atoms with Crippen LogP contribution in [0.1, 0.15) is 11.1 Å². The molecule has 0 bridgehead atoms. The fourth-order valence-electron chi connectivity index (χ4n) is 1.28. The van der Waals surface area contributed by atoms with Crippen LogP contribution in [0.15, 0.2) is 42.6 Å². The van der Waals surface area contributed by atoms with E-state index in [4.69, 9.17) is 21.6 Å². The molecule has 3 nitrogen and oxygen atoms in total. The molecule has 0 radical (unpaired) electrons. The van der Waals surface area contributed by atoms with Crippen molar-refractivity contribution in [3.05, 3.63) is 58.9 Å². The van der Waals surface area contributed by atoms with Crippen LogP contribution in [0, 0.1) is 11.3 Å². The summed E-state index contributed by atoms with van der Waals surface area (Å²) in [5.41, 5.74) is 1.56. The minimum Gasteiger partial charge on any atom is -0.489 e. The molecule has 0 spiro atoms. The molecule has 1 aromatic carbocycles. The first-order valence-corrected chi connectivity index (χ1v) is 5.39. The van der Waals surface area contributed by atoms with Gasteiger partial charge in [0.25, 0.3) is 0 Å². The van der Waals surface area contributed by atoms with Gasteiger partial charge >= 0.3 is 0 Å². The van der Waals surface area contributed by atoms with Gasteiger partial charge in [-0.1, -0.05) is 17.7 Å². The van der Waals surface area contributed by atoms with Crippen LogP contribution in [0.2, 0.25) is 5.15 Å². The molecule has 1 heterocycles. The lowest BCUT2D eigenvalue weighted by molar-refractivity contribution is 0.306. The average Bonchev–Trinajstić information content (AvgIpc) is 2.39. The van der Waals surface area contributed by atoms with Crippen LogP contribution < -0.4 is 4.74 Å². The minimum absolute atomic E-state index is 0.427. The largest absolute Gasteiger partial charge is 0.489 e. The fraction of sp³-hybridized carbons (Fsp3) is 0.0769. The highest BCUT2D eigenvalue weighted by molar-refractivity contribution is 6.29. The first-order valence-electron chi connectivity index (χ1n) is 5.01. The lowest BCUT2D eigenvalue weighted by Gasteiger charge is -2.05. The first kappa shape index (κ1) is 11.4. The number of nitrogens with zero attached hydrogens (tertiary/aromatic N) is 2. The molecule has 2 rings (SSSR count). The Balaban J connectivity index is 1.98. The van der Waals surface area contributed by atoms with Crippen LogP contribution in [-0.2, 0) is 6.61 Å². The van der Waals surface area contributed by atoms with Crippen molar-refractivity contribution in [1.82, 2.24) is 4.98 Å². The zero-order valence-electron chi connectivity index (χ0n) is 8.93. The quantitative estimate of drug-likeness (QED) is 0.779. The first-order chi connectivity index (χ1) is 8.28. The van der Waals surface area contributed by atoms with Crippen LogP contribution >= 0.6 is 11.6 Å². The SMILES string of the molecule is N#Cc1ccc(OCc2ccc(Cl)nc2)cc1. The van der Waals surface area contributed by atoms with Gasteiger partial charge in [-0.3, -0.25) is 0 Å². The topological polar surface area (TPSA) is 45.9 Å². The van der Waals surface area contributed by atoms with E-state index < -0.39 is 0 Å². The Hall–Kier alpha value is -2.05. The number of hydrogen-bond acceptors (Lipinski definition) is 3. The Morgan fingerprint density at radius 2 is 1.94 bits per heavy atom. The Morgan fingerprint density at radius 1 is 1.18 bits per heavy atom. The average molecular weight is 245 g/mol. The van der Waals surface area contributed by atoms with Crippen LogP contribution in [-0.4, -0.2) is 4.98 Å². The number of hydrogen-bond donors (Lipinski definition) is 0. The lowest BCUT2D eigenvalue weighted by Crippen LogP contribution is -1.95. The van der Waals surface area contributed by atoms with Gasteiger partial charge in [-0.15, -0.1) is 0 Å². The van der Waals surface area contributed by atoms with Crippen LogP contribution in [0.3, 0.4) is 0 Å². The second-order valence-electron chi connectivity index (χ2n) is 3.41. The van der Waals surface area contributed by atoms with Gasteiger partial charge in [0, 0.05) is 11.8 Å². The maximum Gasteiger partial charge on any atom is 0.129 e. The zero-order chi connectivity index (χ0) is 12.1. The number of benzene rings is 1. The minimum atomic E-state index is 0.427. The Bertz CT molecular complexity index is 529. The van der Waals surface area contributed by atoms with E-state index in [0.29, 0.717) is 17.3 Å². The summed E-state index contributed by atoms with van der Waals surface area (Å²) in [5.74, 6) is 0.721. The van der Waals surface area contributed by atoms with Crippen molar-refractivity contribution in [2.75, 3.05) is 0 Å². The molecular weight excluding hydrogens is 236 g/mol. The molecule has 84 valence electrons. The number of nitriles is 1. The third-order valence-corrected chi connectivity index (χ3v) is 2.40. The van der Waals surface area contributed by atoms with E-state index in [1.54, 1.807) is 36.5 Å². The summed E-state index contributed by atoms with van der Waals surface area (Å²) in [7, 11) is 0. The molecule has 2 aromatic rings. The van der Waals surface area contributed by atoms with E-state index in [2.05, 4.69) is 11.1 Å². The summed E-state index contributed by atoms with van der Waals surface area (Å²) in [5, 5.41) is 9.12. The number of rotatable bonds is 3. The molecule has 1 aromatic heterocycles. The van der Waals surface area contributed by atoms with Gasteiger partial charge in [0.2, 0.25) is 0 Å². The third-order valence-electron chi connectivity index (χ3n) is 2.18. The van der Waals surface area contributed by atoms with Gasteiger partial charge in [0.1, 0.15) is 17.5 Å². The number of halogens is 1. The van der Waals surface area contributed by atoms with Crippen molar-refractivity contribution in [3.63, 3.8) is 0 Å². The Labute approximate surface area is 104 Å². The van der Waals surface area contributed by atoms with Gasteiger partial charge in [-0.25, -0.2) is 4.98 Å². The molecule has 17 heavy (non-hydrogen) atoms. The van der Waals surface area contributed by atoms with Crippen molar-refractivity contribution in [3.8, 4) is 11.8 Å². The van der Waals surface area contributed by atoms with Crippen LogP contribution in [0.5, 0.6) is 5.75 Å². The van der Waals surface area contributed by atoms with Gasteiger partial charge in [-0.05, 0) is 30.3 Å². The normalized spacial score (nSPS) is 9.65. The van der Waals surface area contributed by atoms with Crippen molar-refractivity contribution >= 4 is 11.6 Å². The second kappa shape index (κ2) is 5.33. The standard InChI is InChI=1S/C13H9ClN2O/c14-13-6-3-11(8-16-13)9-17-12-4-1-10(7-15)2-5-12/h1-6,8H,9H2. The molecule has 0 atom stereocenters. The molecular formula is C13H9ClN2O. The molecule has 0 unspecified atom stereocenters. The summed E-state index contributed by atoms with van der Waals surface area (Å²) < 4.78 is 5.54. The van der Waals surface area contributed by atoms with E-state index in [-0.39, 0.29) is 0 Å². The zero-order valence-corrected chi connectivity index (χ0v) is 9.69. The fourth-order valence-corrected chi connectivity index (χ4v) is 1.40. The molecule has 0 amide bonds. The monoisotopic (exact) mass is 244 g/mol. The van der Waals surface area contributed by atoms with Crippen molar-refractivity contribution in [2.24, 2.45) is 0 Å². The molecule has 0 N–H and O–H groups in total. The number of aromatic nitrogens is 1. The highest BCUT2D eigenvalue weighted by Crippen LogP contribution is 2.14. The molecule has 0 saturated carbocycles. The third kappa shape index (κ3) is 3.20. The summed E-state index contributed by atoms with van der Waals surface area (Å²) in [6.45, 7) is 0.427. The van der Waals surface area contributed by atoms with E-state index in [1.807, 2.05) is 6.07 Å². The number of ether oxygens (including phenoxy) is 1. The van der Waals surface area contributed by atoms with E-state index in [1.165, 1.54) is 0 Å². The van der Waals surface area contributed by atoms with Gasteiger partial charge in [0.05, 0.1) is 11.6 Å². The summed E-state index contributed by atoms with van der Waals surface area (Å²) in [4.78, 5) is 3.96. The van der Waals surface area contributed by atoms with Crippen molar-refractivity contribution in [1.29, 1.82) is 5.26 Å². The maximum absolute atomic E-state index is 8.65. The molecule has 0 aliphatic carbocycles. The van der Waals surface area contributed by atoms with E-state index in [9.17, 15) is 0 Å². The smallest absolute Gasteiger partial charge is 0.129 e. The predicted molar refractivity (Wildman–Crippen MR) is 64.7 cm³/mol. The highest BCUT2D eigenvalue weighted by atomic mass is 35.5. The van der Waals surface area contributed by atoms with Gasteiger partial charge in [0.15, 0.2) is 0 Å². The molecule has 0 fully saturated rings. The Kier molecular flexibility index (Phi) is 3.59. The summed E-state index contributed by atoms with van der Waals surface area (Å²) in [6.07, 6.45) is 1.67. The molecule has 0 aliphatic rings. The molecule has 0 aliphatic heterocycles. The molecule has 0 saturated heterocycles. The van der Waals surface area contributed by atoms with Crippen molar-refractivity contribution in [2.45, 2.75) is 6.61 Å². The Morgan fingerprint density at radius 3 is 2.53 bits per heavy atom. The van der Waals surface area contributed by atoms with Crippen LogP contribution in [0.4, 0.5) is 0 Å². The van der Waals surface area contributed by atoms with Crippen LogP contribution in [0.25, 0.3) is 0 Å². The molecule has 4 heteroatoms. The van der Waals surface area contributed by atoms with Gasteiger partial charge < -0.3 is 4.74 Å². The predicted octanol–water partition coefficient (Wildman–Crippen LogP) is 3.19. The van der Waals surface area contributed by atoms with E-state index >= 15 is 0 Å². The number of pyridine rings is 1. The summed E-state index contributed by atoms with van der Waals surface area (Å²) in [6, 6.07) is 12.6. The van der Waals surface area contributed by atoms with Gasteiger partial charge in [-0.2, -0.15) is 5.26 Å². The van der Waals surface area contributed by atoms with E-state index in [0.717, 1.165) is 11.3 Å². The lowest BCUT2D eigenvalue weighted by atomic mass is 10.2.